The molecule has 2 saturated carbocycles. The summed E-state index contributed by atoms with van der Waals surface area (Å²) in [5, 5.41) is 18.5. The van der Waals surface area contributed by atoms with Crippen molar-refractivity contribution >= 4 is 17.5 Å². The summed E-state index contributed by atoms with van der Waals surface area (Å²) < 4.78 is 0. The van der Waals surface area contributed by atoms with E-state index in [1.807, 2.05) is 48.6 Å². The van der Waals surface area contributed by atoms with Gasteiger partial charge in [0.2, 0.25) is 11.7 Å². The molecule has 184 valence electrons. The van der Waals surface area contributed by atoms with E-state index in [4.69, 9.17) is 0 Å². The van der Waals surface area contributed by atoms with Crippen molar-refractivity contribution in [2.45, 2.75) is 68.5 Å². The molecule has 1 heterocycles. The Balaban J connectivity index is 1.39. The van der Waals surface area contributed by atoms with E-state index in [0.717, 1.165) is 43.2 Å². The molecule has 0 aliphatic heterocycles. The first-order valence-corrected chi connectivity index (χ1v) is 12.6. The van der Waals surface area contributed by atoms with Gasteiger partial charge in [-0.1, -0.05) is 61.7 Å². The molecule has 3 N–H and O–H groups in total. The molecule has 0 radical (unpaired) electrons. The van der Waals surface area contributed by atoms with Crippen LogP contribution < -0.4 is 16.0 Å². The maximum atomic E-state index is 13.5. The molecule has 2 fully saturated rings. The van der Waals surface area contributed by atoms with Crippen LogP contribution >= 0.6 is 0 Å². The molecule has 3 aliphatic carbocycles. The Kier molecular flexibility index (Phi) is 6.55. The Labute approximate surface area is 210 Å². The zero-order valence-electron chi connectivity index (χ0n) is 20.2. The number of carbonyl (C=O) groups is 2. The molecule has 0 spiro atoms. The van der Waals surface area contributed by atoms with Gasteiger partial charge in [0.1, 0.15) is 11.6 Å². The van der Waals surface area contributed by atoms with Gasteiger partial charge in [-0.2, -0.15) is 5.26 Å². The average molecular weight is 483 g/mol. The number of amides is 3. The van der Waals surface area contributed by atoms with Crippen molar-refractivity contribution < 1.29 is 9.59 Å². The Morgan fingerprint density at radius 1 is 1.03 bits per heavy atom. The lowest BCUT2D eigenvalue weighted by Crippen LogP contribution is -2.62. The number of hydrogen-bond donors (Lipinski definition) is 3. The lowest BCUT2D eigenvalue weighted by atomic mass is 9.79. The first-order chi connectivity index (χ1) is 17.5. The minimum Gasteiger partial charge on any atom is -0.351 e. The summed E-state index contributed by atoms with van der Waals surface area (Å²) in [5.74, 6) is -0.125. The largest absolute Gasteiger partial charge is 0.351 e. The highest BCUT2D eigenvalue weighted by Gasteiger charge is 2.43. The zero-order chi connectivity index (χ0) is 25.0. The molecule has 0 saturated heterocycles. The number of rotatable bonds is 6. The number of nitriles is 1. The van der Waals surface area contributed by atoms with E-state index in [0.29, 0.717) is 25.0 Å². The van der Waals surface area contributed by atoms with Crippen LogP contribution in [0.25, 0.3) is 5.57 Å². The van der Waals surface area contributed by atoms with Gasteiger partial charge in [0, 0.05) is 18.7 Å². The van der Waals surface area contributed by atoms with Gasteiger partial charge in [0.25, 0.3) is 0 Å². The smallest absolute Gasteiger partial charge is 0.316 e. The first kappa shape index (κ1) is 23.7. The minimum absolute atomic E-state index is 0.0775. The van der Waals surface area contributed by atoms with Gasteiger partial charge >= 0.3 is 6.03 Å². The SMILES string of the molecule is N#Cc1nccc(C2(NC(=O)NC3(C(=O)NC4CC4)C=CC(c4ccccc4)=CC3)CCCCC2)n1. The summed E-state index contributed by atoms with van der Waals surface area (Å²) in [6.45, 7) is 0. The van der Waals surface area contributed by atoms with Gasteiger partial charge in [-0.15, -0.1) is 0 Å². The Morgan fingerprint density at radius 3 is 2.47 bits per heavy atom. The third kappa shape index (κ3) is 5.01. The summed E-state index contributed by atoms with van der Waals surface area (Å²) in [7, 11) is 0. The topological polar surface area (TPSA) is 120 Å². The molecule has 0 bridgehead atoms. The van der Waals surface area contributed by atoms with E-state index in [9.17, 15) is 14.9 Å². The van der Waals surface area contributed by atoms with Crippen molar-refractivity contribution in [2.75, 3.05) is 0 Å². The number of hydrogen-bond acceptors (Lipinski definition) is 5. The van der Waals surface area contributed by atoms with Crippen molar-refractivity contribution in [1.29, 1.82) is 5.26 Å². The number of nitrogens with zero attached hydrogens (tertiary/aromatic N) is 3. The van der Waals surface area contributed by atoms with Crippen molar-refractivity contribution in [2.24, 2.45) is 0 Å². The first-order valence-electron chi connectivity index (χ1n) is 12.6. The Bertz CT molecular complexity index is 1240. The normalized spacial score (nSPS) is 22.6. The van der Waals surface area contributed by atoms with Gasteiger partial charge < -0.3 is 16.0 Å². The third-order valence-electron chi connectivity index (χ3n) is 7.26. The van der Waals surface area contributed by atoms with Crippen LogP contribution in [0, 0.1) is 11.3 Å². The van der Waals surface area contributed by atoms with Crippen molar-refractivity contribution in [3.8, 4) is 6.07 Å². The number of urea groups is 1. The molecule has 8 heteroatoms. The van der Waals surface area contributed by atoms with Crippen molar-refractivity contribution in [3.63, 3.8) is 0 Å². The van der Waals surface area contributed by atoms with Gasteiger partial charge in [0.05, 0.1) is 11.2 Å². The van der Waals surface area contributed by atoms with E-state index in [1.54, 1.807) is 18.3 Å². The lowest BCUT2D eigenvalue weighted by Gasteiger charge is -2.39. The van der Waals surface area contributed by atoms with Crippen LogP contribution in [0.5, 0.6) is 0 Å². The highest BCUT2D eigenvalue weighted by molar-refractivity contribution is 5.95. The average Bonchev–Trinajstić information content (AvgIpc) is 3.74. The maximum Gasteiger partial charge on any atom is 0.316 e. The minimum atomic E-state index is -1.19. The quantitative estimate of drug-likeness (QED) is 0.577. The second-order valence-electron chi connectivity index (χ2n) is 9.88. The molecule has 1 aromatic heterocycles. The van der Waals surface area contributed by atoms with Gasteiger partial charge in [-0.3, -0.25) is 4.79 Å². The van der Waals surface area contributed by atoms with Crippen LogP contribution in [0.15, 0.2) is 60.8 Å². The van der Waals surface area contributed by atoms with Crippen LogP contribution in [0.1, 0.15) is 68.4 Å². The molecule has 2 aromatic rings. The molecule has 1 atom stereocenters. The second kappa shape index (κ2) is 9.94. The summed E-state index contributed by atoms with van der Waals surface area (Å²) in [4.78, 5) is 35.3. The fourth-order valence-corrected chi connectivity index (χ4v) is 5.07. The molecule has 1 aromatic carbocycles. The summed E-state index contributed by atoms with van der Waals surface area (Å²) in [5.41, 5.74) is 0.804. The number of aromatic nitrogens is 2. The van der Waals surface area contributed by atoms with E-state index in [-0.39, 0.29) is 17.8 Å². The zero-order valence-corrected chi connectivity index (χ0v) is 20.2. The molecule has 8 nitrogen and oxygen atoms in total. The number of nitrogens with one attached hydrogen (secondary N) is 3. The fraction of sp³-hybridized carbons (Fsp3) is 0.393. The van der Waals surface area contributed by atoms with Gasteiger partial charge in [-0.05, 0) is 49.0 Å². The predicted molar refractivity (Wildman–Crippen MR) is 135 cm³/mol. The predicted octanol–water partition coefficient (Wildman–Crippen LogP) is 3.87. The molecule has 5 rings (SSSR count). The Morgan fingerprint density at radius 2 is 1.81 bits per heavy atom. The number of carbonyl (C=O) groups excluding carboxylic acids is 2. The number of benzene rings is 1. The molecular formula is C28H30N6O2. The van der Waals surface area contributed by atoms with Crippen LogP contribution in [0.2, 0.25) is 0 Å². The fourth-order valence-electron chi connectivity index (χ4n) is 5.07. The molecule has 1 unspecified atom stereocenters. The van der Waals surface area contributed by atoms with Crippen molar-refractivity contribution in [3.05, 3.63) is 77.9 Å². The Hall–Kier alpha value is -3.99. The monoisotopic (exact) mass is 482 g/mol. The van der Waals surface area contributed by atoms with E-state index in [1.165, 1.54) is 0 Å². The van der Waals surface area contributed by atoms with Crippen LogP contribution in [-0.2, 0) is 10.3 Å². The third-order valence-corrected chi connectivity index (χ3v) is 7.26. The highest BCUT2D eigenvalue weighted by Crippen LogP contribution is 2.36. The summed E-state index contributed by atoms with van der Waals surface area (Å²) >= 11 is 0. The summed E-state index contributed by atoms with van der Waals surface area (Å²) in [6.07, 6.45) is 13.9. The molecule has 3 aliphatic rings. The van der Waals surface area contributed by atoms with Gasteiger partial charge in [0.15, 0.2) is 0 Å². The standard InChI is InChI=1S/C28H30N6O2/c29-19-24-30-18-13-23(32-24)27(14-5-2-6-15-27)33-26(36)34-28(25(35)31-22-9-10-22)16-11-21(12-17-28)20-7-3-1-4-8-20/h1,3-4,7-8,11-13,16,18,22H,2,5-6,9-10,14-15,17H2,(H,31,35)(H2,33,34,36). The molecular weight excluding hydrogens is 452 g/mol. The lowest BCUT2D eigenvalue weighted by molar-refractivity contribution is -0.125. The second-order valence-corrected chi connectivity index (χ2v) is 9.88. The van der Waals surface area contributed by atoms with Gasteiger partial charge in [-0.25, -0.2) is 14.8 Å². The van der Waals surface area contributed by atoms with Crippen LogP contribution in [0.4, 0.5) is 4.79 Å². The molecule has 36 heavy (non-hydrogen) atoms. The highest BCUT2D eigenvalue weighted by atomic mass is 16.2. The van der Waals surface area contributed by atoms with E-state index >= 15 is 0 Å². The summed E-state index contributed by atoms with van der Waals surface area (Å²) in [6, 6.07) is 13.5. The molecule has 3 amide bonds. The van der Waals surface area contributed by atoms with E-state index < -0.39 is 17.1 Å². The number of allylic oxidation sites excluding steroid dienone is 2. The van der Waals surface area contributed by atoms with Crippen LogP contribution in [-0.4, -0.2) is 33.5 Å². The van der Waals surface area contributed by atoms with E-state index in [2.05, 4.69) is 25.9 Å². The maximum absolute atomic E-state index is 13.5. The van der Waals surface area contributed by atoms with Crippen LogP contribution in [0.3, 0.4) is 0 Å². The van der Waals surface area contributed by atoms with Crippen molar-refractivity contribution in [1.82, 2.24) is 25.9 Å².